The van der Waals surface area contributed by atoms with Crippen LogP contribution in [0.4, 0.5) is 0 Å². The van der Waals surface area contributed by atoms with Crippen molar-refractivity contribution < 1.29 is 0 Å². The lowest BCUT2D eigenvalue weighted by atomic mass is 10.1. The average Bonchev–Trinajstić information content (AvgIpc) is 2.41. The molecule has 0 aliphatic carbocycles. The third kappa shape index (κ3) is 3.33. The summed E-state index contributed by atoms with van der Waals surface area (Å²) in [6, 6.07) is 19.3. The van der Waals surface area contributed by atoms with Gasteiger partial charge in [0.1, 0.15) is 6.04 Å². The summed E-state index contributed by atoms with van der Waals surface area (Å²) in [5.74, 6) is 0. The van der Waals surface area contributed by atoms with Crippen molar-refractivity contribution in [2.24, 2.45) is 0 Å². The molecule has 0 spiro atoms. The minimum Gasteiger partial charge on any atom is -0.294 e. The van der Waals surface area contributed by atoms with Crippen molar-refractivity contribution in [2.75, 3.05) is 0 Å². The summed E-state index contributed by atoms with van der Waals surface area (Å²) < 4.78 is 0. The van der Waals surface area contributed by atoms with Crippen molar-refractivity contribution in [3.63, 3.8) is 0 Å². The van der Waals surface area contributed by atoms with E-state index in [2.05, 4.69) is 11.4 Å². The first-order valence-electron chi connectivity index (χ1n) is 5.72. The fourth-order valence-corrected chi connectivity index (χ4v) is 1.94. The van der Waals surface area contributed by atoms with Crippen molar-refractivity contribution >= 4 is 11.6 Å². The number of hydrogen-bond acceptors (Lipinski definition) is 2. The Balaban J connectivity index is 2.05. The molecule has 0 heterocycles. The maximum absolute atomic E-state index is 9.19. The summed E-state index contributed by atoms with van der Waals surface area (Å²) in [6.07, 6.45) is 0. The number of rotatable bonds is 4. The molecule has 0 fully saturated rings. The fraction of sp³-hybridized carbons (Fsp3) is 0.133. The second kappa shape index (κ2) is 6.20. The Morgan fingerprint density at radius 2 is 1.89 bits per heavy atom. The Morgan fingerprint density at radius 3 is 2.56 bits per heavy atom. The molecule has 0 saturated carbocycles. The first kappa shape index (κ1) is 12.6. The zero-order chi connectivity index (χ0) is 12.8. The second-order valence-electron chi connectivity index (χ2n) is 3.98. The van der Waals surface area contributed by atoms with Crippen molar-refractivity contribution in [2.45, 2.75) is 12.6 Å². The molecule has 18 heavy (non-hydrogen) atoms. The summed E-state index contributed by atoms with van der Waals surface area (Å²) in [5.41, 5.74) is 2.04. The van der Waals surface area contributed by atoms with Gasteiger partial charge in [-0.15, -0.1) is 0 Å². The molecule has 3 heteroatoms. The zero-order valence-corrected chi connectivity index (χ0v) is 10.6. The smallest absolute Gasteiger partial charge is 0.121 e. The molecule has 0 saturated heterocycles. The molecule has 2 nitrogen and oxygen atoms in total. The van der Waals surface area contributed by atoms with Crippen LogP contribution in [0.5, 0.6) is 0 Å². The van der Waals surface area contributed by atoms with Crippen LogP contribution in [0.25, 0.3) is 0 Å². The van der Waals surface area contributed by atoms with E-state index in [9.17, 15) is 5.26 Å². The minimum absolute atomic E-state index is 0.344. The van der Waals surface area contributed by atoms with Crippen LogP contribution in [0.15, 0.2) is 54.6 Å². The van der Waals surface area contributed by atoms with E-state index in [-0.39, 0.29) is 6.04 Å². The van der Waals surface area contributed by atoms with Crippen LogP contribution in [0, 0.1) is 11.3 Å². The molecule has 0 unspecified atom stereocenters. The van der Waals surface area contributed by atoms with E-state index in [1.54, 1.807) is 6.07 Å². The van der Waals surface area contributed by atoms with Crippen LogP contribution in [0.1, 0.15) is 17.2 Å². The Kier molecular flexibility index (Phi) is 4.35. The fourth-order valence-electron chi connectivity index (χ4n) is 1.74. The van der Waals surface area contributed by atoms with Gasteiger partial charge in [0, 0.05) is 11.6 Å². The molecule has 0 bridgehead atoms. The van der Waals surface area contributed by atoms with Gasteiger partial charge >= 0.3 is 0 Å². The van der Waals surface area contributed by atoms with Crippen molar-refractivity contribution in [3.05, 3.63) is 70.7 Å². The minimum atomic E-state index is -0.344. The van der Waals surface area contributed by atoms with Gasteiger partial charge in [0.05, 0.1) is 6.07 Å². The highest BCUT2D eigenvalue weighted by atomic mass is 35.5. The second-order valence-corrected chi connectivity index (χ2v) is 4.42. The van der Waals surface area contributed by atoms with Crippen molar-refractivity contribution in [1.29, 1.82) is 5.26 Å². The number of benzene rings is 2. The van der Waals surface area contributed by atoms with Gasteiger partial charge in [-0.1, -0.05) is 54.1 Å². The van der Waals surface area contributed by atoms with Crippen LogP contribution in [0.3, 0.4) is 0 Å². The third-order valence-electron chi connectivity index (χ3n) is 2.66. The van der Waals surface area contributed by atoms with Crippen LogP contribution in [-0.2, 0) is 6.54 Å². The Labute approximate surface area is 112 Å². The first-order chi connectivity index (χ1) is 8.79. The summed E-state index contributed by atoms with van der Waals surface area (Å²) >= 11 is 5.93. The lowest BCUT2D eigenvalue weighted by Gasteiger charge is -2.12. The van der Waals surface area contributed by atoms with Crippen molar-refractivity contribution in [1.82, 2.24) is 5.32 Å². The topological polar surface area (TPSA) is 35.8 Å². The molecule has 0 aliphatic rings. The Morgan fingerprint density at radius 1 is 1.11 bits per heavy atom. The van der Waals surface area contributed by atoms with Gasteiger partial charge in [-0.3, -0.25) is 5.32 Å². The molecule has 2 rings (SSSR count). The normalized spacial score (nSPS) is 11.8. The third-order valence-corrected chi connectivity index (χ3v) is 2.90. The highest BCUT2D eigenvalue weighted by Gasteiger charge is 2.09. The van der Waals surface area contributed by atoms with E-state index in [4.69, 9.17) is 11.6 Å². The lowest BCUT2D eigenvalue weighted by Crippen LogP contribution is -2.19. The predicted octanol–water partition coefficient (Wildman–Crippen LogP) is 3.69. The summed E-state index contributed by atoms with van der Waals surface area (Å²) in [4.78, 5) is 0. The number of hydrogen-bond donors (Lipinski definition) is 1. The van der Waals surface area contributed by atoms with E-state index in [1.807, 2.05) is 48.5 Å². The molecule has 90 valence electrons. The largest absolute Gasteiger partial charge is 0.294 e. The molecule has 0 aliphatic heterocycles. The van der Waals surface area contributed by atoms with Gasteiger partial charge in [0.15, 0.2) is 0 Å². The summed E-state index contributed by atoms with van der Waals surface area (Å²) in [6.45, 7) is 0.658. The maximum Gasteiger partial charge on any atom is 0.121 e. The molecular formula is C15H13ClN2. The SMILES string of the molecule is N#C[C@@H](NCc1ccccc1)c1cccc(Cl)c1. The molecule has 0 radical (unpaired) electrons. The maximum atomic E-state index is 9.19. The molecule has 2 aromatic carbocycles. The van der Waals surface area contributed by atoms with Crippen LogP contribution < -0.4 is 5.32 Å². The van der Waals surface area contributed by atoms with Crippen LogP contribution in [-0.4, -0.2) is 0 Å². The van der Waals surface area contributed by atoms with E-state index < -0.39 is 0 Å². The zero-order valence-electron chi connectivity index (χ0n) is 9.81. The van der Waals surface area contributed by atoms with Gasteiger partial charge in [-0.05, 0) is 23.3 Å². The predicted molar refractivity (Wildman–Crippen MR) is 73.1 cm³/mol. The van der Waals surface area contributed by atoms with Gasteiger partial charge in [0.2, 0.25) is 0 Å². The number of nitriles is 1. The molecule has 0 amide bonds. The quantitative estimate of drug-likeness (QED) is 0.906. The highest BCUT2D eigenvalue weighted by molar-refractivity contribution is 6.30. The first-order valence-corrected chi connectivity index (χ1v) is 6.10. The Bertz CT molecular complexity index is 546. The van der Waals surface area contributed by atoms with Gasteiger partial charge in [-0.2, -0.15) is 5.26 Å². The lowest BCUT2D eigenvalue weighted by molar-refractivity contribution is 0.630. The van der Waals surface area contributed by atoms with E-state index >= 15 is 0 Å². The molecular weight excluding hydrogens is 244 g/mol. The van der Waals surface area contributed by atoms with Crippen molar-refractivity contribution in [3.8, 4) is 6.07 Å². The Hall–Kier alpha value is -1.82. The van der Waals surface area contributed by atoms with Gasteiger partial charge < -0.3 is 0 Å². The highest BCUT2D eigenvalue weighted by Crippen LogP contribution is 2.17. The van der Waals surface area contributed by atoms with E-state index in [0.29, 0.717) is 11.6 Å². The number of halogens is 1. The standard InChI is InChI=1S/C15H13ClN2/c16-14-8-4-7-13(9-14)15(10-17)18-11-12-5-2-1-3-6-12/h1-9,15,18H,11H2/t15-/m1/s1. The molecule has 1 N–H and O–H groups in total. The number of nitrogens with one attached hydrogen (secondary N) is 1. The summed E-state index contributed by atoms with van der Waals surface area (Å²) in [7, 11) is 0. The number of nitrogens with zero attached hydrogens (tertiary/aromatic N) is 1. The molecule has 2 aromatic rings. The monoisotopic (exact) mass is 256 g/mol. The van der Waals surface area contributed by atoms with E-state index in [0.717, 1.165) is 11.1 Å². The molecule has 0 aromatic heterocycles. The van der Waals surface area contributed by atoms with Gasteiger partial charge in [0.25, 0.3) is 0 Å². The molecule has 1 atom stereocenters. The summed E-state index contributed by atoms with van der Waals surface area (Å²) in [5, 5.41) is 13.0. The van der Waals surface area contributed by atoms with E-state index in [1.165, 1.54) is 0 Å². The van der Waals surface area contributed by atoms with Crippen LogP contribution in [0.2, 0.25) is 5.02 Å². The van der Waals surface area contributed by atoms with Crippen LogP contribution >= 0.6 is 11.6 Å². The average molecular weight is 257 g/mol. The van der Waals surface area contributed by atoms with Gasteiger partial charge in [-0.25, -0.2) is 0 Å².